The molecule has 0 bridgehead atoms. The smallest absolute Gasteiger partial charge is 0.138 e. The van der Waals surface area contributed by atoms with Crippen LogP contribution in [0.1, 0.15) is 65.3 Å². The molecule has 108 valence electrons. The van der Waals surface area contributed by atoms with E-state index in [2.05, 4.69) is 49.9 Å². The highest BCUT2D eigenvalue weighted by Crippen LogP contribution is 2.25. The fourth-order valence-corrected chi connectivity index (χ4v) is 1.93. The Balaban J connectivity index is 3.09. The van der Waals surface area contributed by atoms with E-state index in [4.69, 9.17) is 5.73 Å². The molecule has 0 radical (unpaired) electrons. The summed E-state index contributed by atoms with van der Waals surface area (Å²) < 4.78 is 0. The number of hydrogen-bond donors (Lipinski definition) is 2. The highest BCUT2D eigenvalue weighted by molar-refractivity contribution is 5.55. The lowest BCUT2D eigenvalue weighted by Gasteiger charge is -2.22. The fraction of sp³-hybridized carbons (Fsp3) is 0.733. The largest absolute Gasteiger partial charge is 0.383 e. The van der Waals surface area contributed by atoms with Gasteiger partial charge in [0.1, 0.15) is 17.5 Å². The first-order valence-electron chi connectivity index (χ1n) is 7.20. The van der Waals surface area contributed by atoms with Crippen LogP contribution in [0.15, 0.2) is 0 Å². The Kier molecular flexibility index (Phi) is 5.15. The highest BCUT2D eigenvalue weighted by Gasteiger charge is 2.21. The summed E-state index contributed by atoms with van der Waals surface area (Å²) >= 11 is 0. The second kappa shape index (κ2) is 6.22. The minimum atomic E-state index is -0.0925. The average molecular weight is 264 g/mol. The van der Waals surface area contributed by atoms with Crippen LogP contribution in [0.4, 0.5) is 11.6 Å². The molecule has 0 aliphatic heterocycles. The third kappa shape index (κ3) is 4.08. The summed E-state index contributed by atoms with van der Waals surface area (Å²) in [5.74, 6) is 2.26. The molecule has 0 aliphatic rings. The van der Waals surface area contributed by atoms with Crippen molar-refractivity contribution in [3.63, 3.8) is 0 Å². The average Bonchev–Trinajstić information content (AvgIpc) is 2.32. The van der Waals surface area contributed by atoms with E-state index in [1.165, 1.54) is 0 Å². The number of hydrogen-bond acceptors (Lipinski definition) is 4. The van der Waals surface area contributed by atoms with Crippen molar-refractivity contribution in [2.75, 3.05) is 11.1 Å². The molecule has 19 heavy (non-hydrogen) atoms. The number of nitrogens with one attached hydrogen (secondary N) is 1. The van der Waals surface area contributed by atoms with Crippen molar-refractivity contribution in [3.8, 4) is 0 Å². The zero-order valence-electron chi connectivity index (χ0n) is 13.2. The fourth-order valence-electron chi connectivity index (χ4n) is 1.93. The Morgan fingerprint density at radius 1 is 1.21 bits per heavy atom. The molecule has 0 spiro atoms. The van der Waals surface area contributed by atoms with Gasteiger partial charge in [0.25, 0.3) is 0 Å². The van der Waals surface area contributed by atoms with Gasteiger partial charge < -0.3 is 11.1 Å². The summed E-state index contributed by atoms with van der Waals surface area (Å²) in [6.45, 7) is 12.7. The van der Waals surface area contributed by atoms with E-state index in [0.717, 1.165) is 36.5 Å². The Bertz CT molecular complexity index is 421. The summed E-state index contributed by atoms with van der Waals surface area (Å²) in [5.41, 5.74) is 6.87. The predicted octanol–water partition coefficient (Wildman–Crippen LogP) is 3.66. The SMILES string of the molecule is CCCC(CC)Nc1nc(C(C)(C)C)nc(N)c1C. The number of nitrogens with zero attached hydrogens (tertiary/aromatic N) is 2. The minimum absolute atomic E-state index is 0.0925. The highest BCUT2D eigenvalue weighted by atomic mass is 15.1. The van der Waals surface area contributed by atoms with Crippen LogP contribution in [-0.4, -0.2) is 16.0 Å². The number of nitrogen functional groups attached to an aromatic ring is 1. The molecule has 0 aliphatic carbocycles. The maximum absolute atomic E-state index is 6.02. The normalized spacial score (nSPS) is 13.4. The van der Waals surface area contributed by atoms with Gasteiger partial charge in [0.15, 0.2) is 0 Å². The molecule has 1 aromatic heterocycles. The number of nitrogens with two attached hydrogens (primary N) is 1. The Morgan fingerprint density at radius 3 is 2.32 bits per heavy atom. The lowest BCUT2D eigenvalue weighted by Crippen LogP contribution is -2.23. The van der Waals surface area contributed by atoms with E-state index in [1.807, 2.05) is 6.92 Å². The van der Waals surface area contributed by atoms with E-state index >= 15 is 0 Å². The molecule has 3 N–H and O–H groups in total. The molecule has 0 amide bonds. The van der Waals surface area contributed by atoms with Gasteiger partial charge in [-0.25, -0.2) is 9.97 Å². The number of aromatic nitrogens is 2. The third-order valence-corrected chi connectivity index (χ3v) is 3.33. The van der Waals surface area contributed by atoms with Crippen molar-refractivity contribution in [3.05, 3.63) is 11.4 Å². The standard InChI is InChI=1S/C15H28N4/c1-7-9-11(8-2)17-13-10(3)12(16)18-14(19-13)15(4,5)6/h11H,7-9H2,1-6H3,(H3,16,17,18,19). The zero-order chi connectivity index (χ0) is 14.6. The Hall–Kier alpha value is -1.32. The molecule has 4 nitrogen and oxygen atoms in total. The van der Waals surface area contributed by atoms with Crippen LogP contribution in [0.2, 0.25) is 0 Å². The van der Waals surface area contributed by atoms with E-state index < -0.39 is 0 Å². The lowest BCUT2D eigenvalue weighted by atomic mass is 9.95. The Morgan fingerprint density at radius 2 is 1.84 bits per heavy atom. The minimum Gasteiger partial charge on any atom is -0.383 e. The van der Waals surface area contributed by atoms with Gasteiger partial charge in [0.2, 0.25) is 0 Å². The van der Waals surface area contributed by atoms with Crippen molar-refractivity contribution >= 4 is 11.6 Å². The van der Waals surface area contributed by atoms with Gasteiger partial charge in [-0.3, -0.25) is 0 Å². The summed E-state index contributed by atoms with van der Waals surface area (Å²) in [6, 6.07) is 0.450. The molecular weight excluding hydrogens is 236 g/mol. The summed E-state index contributed by atoms with van der Waals surface area (Å²) in [7, 11) is 0. The van der Waals surface area contributed by atoms with Crippen LogP contribution in [0.3, 0.4) is 0 Å². The van der Waals surface area contributed by atoms with Gasteiger partial charge >= 0.3 is 0 Å². The number of rotatable bonds is 5. The molecule has 0 aromatic carbocycles. The van der Waals surface area contributed by atoms with Crippen LogP contribution in [-0.2, 0) is 5.41 Å². The Labute approximate surface area is 117 Å². The zero-order valence-corrected chi connectivity index (χ0v) is 13.2. The van der Waals surface area contributed by atoms with Crippen molar-refractivity contribution in [2.24, 2.45) is 0 Å². The van der Waals surface area contributed by atoms with Crippen LogP contribution < -0.4 is 11.1 Å². The van der Waals surface area contributed by atoms with E-state index in [0.29, 0.717) is 11.9 Å². The molecule has 1 aromatic rings. The lowest BCUT2D eigenvalue weighted by molar-refractivity contribution is 0.544. The van der Waals surface area contributed by atoms with Gasteiger partial charge in [0.05, 0.1) is 0 Å². The molecule has 0 saturated carbocycles. The second-order valence-corrected chi connectivity index (χ2v) is 6.19. The maximum Gasteiger partial charge on any atom is 0.138 e. The first kappa shape index (κ1) is 15.7. The summed E-state index contributed by atoms with van der Waals surface area (Å²) in [5, 5.41) is 3.52. The van der Waals surface area contributed by atoms with Crippen LogP contribution in [0, 0.1) is 6.92 Å². The monoisotopic (exact) mass is 264 g/mol. The van der Waals surface area contributed by atoms with Crippen LogP contribution in [0.25, 0.3) is 0 Å². The molecular formula is C15H28N4. The van der Waals surface area contributed by atoms with Gasteiger partial charge in [0, 0.05) is 17.0 Å². The summed E-state index contributed by atoms with van der Waals surface area (Å²) in [6.07, 6.45) is 3.39. The van der Waals surface area contributed by atoms with Crippen LogP contribution in [0.5, 0.6) is 0 Å². The molecule has 1 heterocycles. The molecule has 1 atom stereocenters. The van der Waals surface area contributed by atoms with Crippen LogP contribution >= 0.6 is 0 Å². The first-order chi connectivity index (χ1) is 8.79. The van der Waals surface area contributed by atoms with Gasteiger partial charge in [-0.1, -0.05) is 41.0 Å². The summed E-state index contributed by atoms with van der Waals surface area (Å²) in [4.78, 5) is 9.08. The second-order valence-electron chi connectivity index (χ2n) is 6.19. The van der Waals surface area contributed by atoms with E-state index in [9.17, 15) is 0 Å². The van der Waals surface area contributed by atoms with Crippen molar-refractivity contribution in [2.45, 2.75) is 72.3 Å². The first-order valence-corrected chi connectivity index (χ1v) is 7.20. The topological polar surface area (TPSA) is 63.8 Å². The number of anilines is 2. The molecule has 1 unspecified atom stereocenters. The third-order valence-electron chi connectivity index (χ3n) is 3.33. The van der Waals surface area contributed by atoms with Crippen molar-refractivity contribution < 1.29 is 0 Å². The van der Waals surface area contributed by atoms with E-state index in [-0.39, 0.29) is 5.41 Å². The molecule has 1 rings (SSSR count). The maximum atomic E-state index is 6.02. The van der Waals surface area contributed by atoms with E-state index in [1.54, 1.807) is 0 Å². The quantitative estimate of drug-likeness (QED) is 0.852. The van der Waals surface area contributed by atoms with Gasteiger partial charge in [-0.05, 0) is 19.8 Å². The molecule has 0 saturated heterocycles. The van der Waals surface area contributed by atoms with Gasteiger partial charge in [-0.2, -0.15) is 0 Å². The molecule has 4 heteroatoms. The van der Waals surface area contributed by atoms with Crippen molar-refractivity contribution in [1.29, 1.82) is 0 Å². The molecule has 0 fully saturated rings. The predicted molar refractivity (Wildman–Crippen MR) is 82.5 cm³/mol. The van der Waals surface area contributed by atoms with Crippen molar-refractivity contribution in [1.82, 2.24) is 9.97 Å². The van der Waals surface area contributed by atoms with Gasteiger partial charge in [-0.15, -0.1) is 0 Å².